The molecule has 1 aromatic heterocycles. The SMILES string of the molecule is CC(NS(=O)O)c1cc2c(cc1F)C(c1ccc(F)cc1)=NC(C1CC1)c1cc(=O)n(C)cc1-2. The van der Waals surface area contributed by atoms with Crippen molar-refractivity contribution in [2.75, 3.05) is 0 Å². The molecule has 2 N–H and O–H groups in total. The second-order valence-electron chi connectivity index (χ2n) is 8.87. The second-order valence-corrected chi connectivity index (χ2v) is 9.60. The predicted molar refractivity (Wildman–Crippen MR) is 127 cm³/mol. The van der Waals surface area contributed by atoms with Crippen molar-refractivity contribution < 1.29 is 17.5 Å². The molecule has 34 heavy (non-hydrogen) atoms. The number of hydrogen-bond donors (Lipinski definition) is 2. The van der Waals surface area contributed by atoms with E-state index in [1.807, 2.05) is 0 Å². The van der Waals surface area contributed by atoms with E-state index in [2.05, 4.69) is 4.72 Å². The number of pyridine rings is 1. The minimum absolute atomic E-state index is 0.167. The first-order valence-electron chi connectivity index (χ1n) is 11.0. The normalized spacial score (nSPS) is 19.0. The van der Waals surface area contributed by atoms with Gasteiger partial charge in [-0.25, -0.2) is 17.7 Å². The maximum Gasteiger partial charge on any atom is 0.250 e. The fourth-order valence-corrected chi connectivity index (χ4v) is 4.99. The first-order chi connectivity index (χ1) is 16.2. The van der Waals surface area contributed by atoms with Gasteiger partial charge in [-0.3, -0.25) is 14.3 Å². The molecule has 1 aliphatic heterocycles. The van der Waals surface area contributed by atoms with E-state index in [0.717, 1.165) is 24.0 Å². The van der Waals surface area contributed by atoms with Crippen molar-refractivity contribution in [3.05, 3.63) is 92.9 Å². The molecule has 9 heteroatoms. The standard InChI is InChI=1S/C25H23F2N3O3S/c1-13(29-34(32)33)17-9-18-19(10-22(17)27)24(15-5-7-16(26)8-6-15)28-25(14-3-4-14)20-11-23(31)30(2)12-21(18)20/h5-14,25,29H,3-4H2,1-2H3,(H,32,33). The monoisotopic (exact) mass is 483 g/mol. The van der Waals surface area contributed by atoms with Crippen molar-refractivity contribution >= 4 is 17.0 Å². The summed E-state index contributed by atoms with van der Waals surface area (Å²) in [6.07, 6.45) is 3.68. The molecule has 0 bridgehead atoms. The summed E-state index contributed by atoms with van der Waals surface area (Å²) in [6.45, 7) is 1.60. The largest absolute Gasteiger partial charge is 0.318 e. The fraction of sp³-hybridized carbons (Fsp3) is 0.280. The maximum absolute atomic E-state index is 15.4. The quantitative estimate of drug-likeness (QED) is 0.527. The zero-order valence-electron chi connectivity index (χ0n) is 18.6. The average Bonchev–Trinajstić information content (AvgIpc) is 3.62. The summed E-state index contributed by atoms with van der Waals surface area (Å²) < 4.78 is 53.5. The minimum atomic E-state index is -2.33. The molecule has 0 radical (unpaired) electrons. The Labute approximate surface area is 197 Å². The number of fused-ring (bicyclic) bond motifs is 3. The van der Waals surface area contributed by atoms with Crippen LogP contribution >= 0.6 is 0 Å². The number of aryl methyl sites for hydroxylation is 1. The Balaban J connectivity index is 1.81. The molecule has 3 aromatic rings. The van der Waals surface area contributed by atoms with Crippen LogP contribution in [0.3, 0.4) is 0 Å². The van der Waals surface area contributed by atoms with Gasteiger partial charge >= 0.3 is 0 Å². The summed E-state index contributed by atoms with van der Waals surface area (Å²) in [5.74, 6) is -0.686. The molecule has 3 unspecified atom stereocenters. The van der Waals surface area contributed by atoms with Crippen LogP contribution in [-0.4, -0.2) is 19.0 Å². The molecule has 0 saturated heterocycles. The molecular formula is C25H23F2N3O3S. The van der Waals surface area contributed by atoms with Crippen LogP contribution in [0.1, 0.15) is 54.1 Å². The molecule has 1 fully saturated rings. The Morgan fingerprint density at radius 3 is 2.47 bits per heavy atom. The van der Waals surface area contributed by atoms with E-state index < -0.39 is 23.1 Å². The van der Waals surface area contributed by atoms with Crippen LogP contribution in [0.15, 0.2) is 58.4 Å². The Kier molecular flexibility index (Phi) is 5.79. The lowest BCUT2D eigenvalue weighted by atomic mass is 9.89. The molecule has 0 spiro atoms. The van der Waals surface area contributed by atoms with Gasteiger partial charge in [-0.05, 0) is 73.2 Å². The smallest absolute Gasteiger partial charge is 0.250 e. The Morgan fingerprint density at radius 1 is 1.12 bits per heavy atom. The van der Waals surface area contributed by atoms with Gasteiger partial charge in [-0.15, -0.1) is 0 Å². The van der Waals surface area contributed by atoms with Crippen LogP contribution in [-0.2, 0) is 18.3 Å². The number of benzene rings is 2. The Hall–Kier alpha value is -3.01. The number of aliphatic imine (C=N–C) groups is 1. The van der Waals surface area contributed by atoms with Gasteiger partial charge in [0.25, 0.3) is 5.56 Å². The molecular weight excluding hydrogens is 460 g/mol. The third-order valence-corrected chi connectivity index (χ3v) is 7.01. The number of aromatic nitrogens is 1. The lowest BCUT2D eigenvalue weighted by molar-refractivity contribution is 0.526. The molecule has 3 atom stereocenters. The van der Waals surface area contributed by atoms with E-state index in [1.54, 1.807) is 44.4 Å². The van der Waals surface area contributed by atoms with E-state index >= 15 is 4.39 Å². The number of nitrogens with zero attached hydrogens (tertiary/aromatic N) is 2. The minimum Gasteiger partial charge on any atom is -0.318 e. The lowest BCUT2D eigenvalue weighted by Gasteiger charge is -2.18. The number of halogens is 2. The van der Waals surface area contributed by atoms with Gasteiger partial charge in [0.05, 0.1) is 11.8 Å². The first-order valence-corrected chi connectivity index (χ1v) is 12.1. The van der Waals surface area contributed by atoms with E-state index in [4.69, 9.17) is 4.99 Å². The summed E-state index contributed by atoms with van der Waals surface area (Å²) in [5, 5.41) is 0. The van der Waals surface area contributed by atoms with Crippen LogP contribution < -0.4 is 10.3 Å². The maximum atomic E-state index is 15.4. The molecule has 2 aromatic carbocycles. The van der Waals surface area contributed by atoms with Crippen molar-refractivity contribution in [3.63, 3.8) is 0 Å². The van der Waals surface area contributed by atoms with Gasteiger partial charge < -0.3 is 4.57 Å². The first kappa shape index (κ1) is 22.8. The highest BCUT2D eigenvalue weighted by Crippen LogP contribution is 2.48. The molecule has 2 aliphatic rings. The van der Waals surface area contributed by atoms with Crippen molar-refractivity contribution in [2.24, 2.45) is 18.0 Å². The van der Waals surface area contributed by atoms with Crippen LogP contribution in [0.25, 0.3) is 11.1 Å². The van der Waals surface area contributed by atoms with Crippen molar-refractivity contribution in [2.45, 2.75) is 31.8 Å². The zero-order valence-corrected chi connectivity index (χ0v) is 19.4. The highest BCUT2D eigenvalue weighted by atomic mass is 32.2. The summed E-state index contributed by atoms with van der Waals surface area (Å²) in [6, 6.07) is 9.47. The van der Waals surface area contributed by atoms with Crippen molar-refractivity contribution in [3.8, 4) is 11.1 Å². The molecule has 176 valence electrons. The van der Waals surface area contributed by atoms with E-state index in [1.165, 1.54) is 22.8 Å². The van der Waals surface area contributed by atoms with Gasteiger partial charge in [0.1, 0.15) is 11.6 Å². The van der Waals surface area contributed by atoms with Gasteiger partial charge in [-0.1, -0.05) is 0 Å². The highest BCUT2D eigenvalue weighted by molar-refractivity contribution is 7.77. The van der Waals surface area contributed by atoms with Crippen LogP contribution in [0.2, 0.25) is 0 Å². The Morgan fingerprint density at radius 2 is 1.82 bits per heavy atom. The van der Waals surface area contributed by atoms with Crippen LogP contribution in [0, 0.1) is 17.6 Å². The van der Waals surface area contributed by atoms with E-state index in [-0.39, 0.29) is 28.9 Å². The summed E-state index contributed by atoms with van der Waals surface area (Å²) in [7, 11) is 1.66. The summed E-state index contributed by atoms with van der Waals surface area (Å²) >= 11 is -2.33. The van der Waals surface area contributed by atoms with Gasteiger partial charge in [-0.2, -0.15) is 0 Å². The molecule has 1 aliphatic carbocycles. The van der Waals surface area contributed by atoms with E-state index in [9.17, 15) is 17.9 Å². The summed E-state index contributed by atoms with van der Waals surface area (Å²) in [5.41, 5.74) is 3.92. The third kappa shape index (κ3) is 4.15. The number of hydrogen-bond acceptors (Lipinski definition) is 3. The predicted octanol–water partition coefficient (Wildman–Crippen LogP) is 4.42. The van der Waals surface area contributed by atoms with Crippen LogP contribution in [0.4, 0.5) is 8.78 Å². The molecule has 2 heterocycles. The second kappa shape index (κ2) is 8.65. The van der Waals surface area contributed by atoms with Crippen LogP contribution in [0.5, 0.6) is 0 Å². The number of rotatable bonds is 5. The molecule has 1 saturated carbocycles. The average molecular weight is 484 g/mol. The van der Waals surface area contributed by atoms with Gasteiger partial charge in [0, 0.05) is 47.6 Å². The fourth-order valence-electron chi connectivity index (χ4n) is 4.56. The topological polar surface area (TPSA) is 83.7 Å². The van der Waals surface area contributed by atoms with Gasteiger partial charge in [0.2, 0.25) is 11.3 Å². The third-order valence-electron chi connectivity index (χ3n) is 6.46. The molecule has 0 amide bonds. The zero-order chi connectivity index (χ0) is 24.1. The van der Waals surface area contributed by atoms with Crippen molar-refractivity contribution in [1.82, 2.24) is 9.29 Å². The summed E-state index contributed by atoms with van der Waals surface area (Å²) in [4.78, 5) is 17.6. The molecule has 5 rings (SSSR count). The van der Waals surface area contributed by atoms with Crippen molar-refractivity contribution in [1.29, 1.82) is 0 Å². The lowest BCUT2D eigenvalue weighted by Crippen LogP contribution is -2.22. The highest BCUT2D eigenvalue weighted by Gasteiger charge is 2.37. The Bertz CT molecular complexity index is 1400. The number of nitrogens with one attached hydrogen (secondary N) is 1. The van der Waals surface area contributed by atoms with E-state index in [0.29, 0.717) is 22.4 Å². The van der Waals surface area contributed by atoms with Gasteiger partial charge in [0.15, 0.2) is 0 Å². The molecule has 6 nitrogen and oxygen atoms in total.